The Kier molecular flexibility index (Phi) is 5.59. The van der Waals surface area contributed by atoms with Crippen LogP contribution in [0.2, 0.25) is 0 Å². The van der Waals surface area contributed by atoms with Crippen molar-refractivity contribution < 1.29 is 14.3 Å². The average molecular weight is 311 g/mol. The maximum absolute atomic E-state index is 12.2. The smallest absolute Gasteiger partial charge is 0.253 e. The minimum atomic E-state index is -0.659. The highest BCUT2D eigenvalue weighted by Crippen LogP contribution is 2.16. The van der Waals surface area contributed by atoms with E-state index in [-0.39, 0.29) is 17.9 Å². The molecule has 0 bridgehead atoms. The van der Waals surface area contributed by atoms with Crippen LogP contribution < -0.4 is 10.6 Å². The third kappa shape index (κ3) is 4.44. The number of benzene rings is 1. The van der Waals surface area contributed by atoms with Crippen LogP contribution in [0, 0.1) is 0 Å². The summed E-state index contributed by atoms with van der Waals surface area (Å²) in [6.07, 6.45) is 2.07. The Labute approximate surface area is 129 Å². The highest BCUT2D eigenvalue weighted by atomic mass is 35.5. The molecular weight excluding hydrogens is 292 g/mol. The van der Waals surface area contributed by atoms with Crippen molar-refractivity contribution in [2.24, 2.45) is 0 Å². The molecule has 0 unspecified atom stereocenters. The normalized spacial score (nSPS) is 19.0. The van der Waals surface area contributed by atoms with Gasteiger partial charge < -0.3 is 15.4 Å². The fourth-order valence-electron chi connectivity index (χ4n) is 2.13. The van der Waals surface area contributed by atoms with E-state index in [4.69, 9.17) is 16.3 Å². The van der Waals surface area contributed by atoms with Crippen LogP contribution in [-0.2, 0) is 9.53 Å². The molecule has 0 radical (unpaired) electrons. The number of anilines is 1. The van der Waals surface area contributed by atoms with Crippen LogP contribution in [0.4, 0.5) is 5.69 Å². The lowest BCUT2D eigenvalue weighted by Crippen LogP contribution is -2.32. The fourth-order valence-corrected chi connectivity index (χ4v) is 2.18. The standard InChI is InChI=1S/C15H19ClN2O3/c1-10(16)14(19)18-13-7-3-2-6-12(13)15(20)17-9-11-5-4-8-21-11/h2-3,6-7,10-11H,4-5,8-9H2,1H3,(H,17,20)(H,18,19)/t10-,11-/m1/s1. The van der Waals surface area contributed by atoms with Crippen molar-refractivity contribution in [3.05, 3.63) is 29.8 Å². The van der Waals surface area contributed by atoms with E-state index in [9.17, 15) is 9.59 Å². The molecule has 1 aromatic carbocycles. The van der Waals surface area contributed by atoms with E-state index < -0.39 is 5.38 Å². The van der Waals surface area contributed by atoms with E-state index in [1.165, 1.54) is 0 Å². The second-order valence-electron chi connectivity index (χ2n) is 5.00. The molecule has 1 fully saturated rings. The van der Waals surface area contributed by atoms with Crippen LogP contribution >= 0.6 is 11.6 Å². The van der Waals surface area contributed by atoms with Gasteiger partial charge in [0.1, 0.15) is 5.38 Å². The molecule has 6 heteroatoms. The SMILES string of the molecule is C[C@@H](Cl)C(=O)Nc1ccccc1C(=O)NC[C@H]1CCCO1. The summed E-state index contributed by atoms with van der Waals surface area (Å²) in [5.74, 6) is -0.570. The number of rotatable bonds is 5. The van der Waals surface area contributed by atoms with Crippen molar-refractivity contribution in [2.75, 3.05) is 18.5 Å². The Bertz CT molecular complexity index is 513. The summed E-state index contributed by atoms with van der Waals surface area (Å²) < 4.78 is 5.46. The molecule has 0 saturated carbocycles. The van der Waals surface area contributed by atoms with Gasteiger partial charge in [-0.1, -0.05) is 12.1 Å². The van der Waals surface area contributed by atoms with Crippen LogP contribution in [-0.4, -0.2) is 36.4 Å². The van der Waals surface area contributed by atoms with Crippen LogP contribution in [0.25, 0.3) is 0 Å². The number of hydrogen-bond acceptors (Lipinski definition) is 3. The molecule has 5 nitrogen and oxygen atoms in total. The molecule has 114 valence electrons. The molecule has 2 rings (SSSR count). The number of alkyl halides is 1. The Morgan fingerprint density at radius 1 is 1.43 bits per heavy atom. The lowest BCUT2D eigenvalue weighted by atomic mass is 10.1. The monoisotopic (exact) mass is 310 g/mol. The zero-order chi connectivity index (χ0) is 15.2. The van der Waals surface area contributed by atoms with Crippen LogP contribution in [0.1, 0.15) is 30.1 Å². The van der Waals surface area contributed by atoms with Gasteiger partial charge in [0, 0.05) is 13.2 Å². The Hall–Kier alpha value is -1.59. The summed E-state index contributed by atoms with van der Waals surface area (Å²) in [6.45, 7) is 2.81. The number of halogens is 1. The third-order valence-corrected chi connectivity index (χ3v) is 3.50. The molecule has 2 amide bonds. The van der Waals surface area contributed by atoms with Crippen LogP contribution in [0.3, 0.4) is 0 Å². The van der Waals surface area contributed by atoms with Gasteiger partial charge in [0.25, 0.3) is 5.91 Å². The lowest BCUT2D eigenvalue weighted by molar-refractivity contribution is -0.115. The highest BCUT2D eigenvalue weighted by Gasteiger charge is 2.19. The summed E-state index contributed by atoms with van der Waals surface area (Å²) in [5.41, 5.74) is 0.876. The van der Waals surface area contributed by atoms with Gasteiger partial charge in [0.15, 0.2) is 0 Å². The first kappa shape index (κ1) is 15.8. The summed E-state index contributed by atoms with van der Waals surface area (Å²) in [7, 11) is 0. The van der Waals surface area contributed by atoms with Gasteiger partial charge in [-0.3, -0.25) is 9.59 Å². The molecule has 1 aliphatic heterocycles. The number of carbonyl (C=O) groups is 2. The molecule has 2 N–H and O–H groups in total. The van der Waals surface area contributed by atoms with Gasteiger partial charge in [-0.25, -0.2) is 0 Å². The van der Waals surface area contributed by atoms with Gasteiger partial charge in [0.2, 0.25) is 5.91 Å². The van der Waals surface area contributed by atoms with E-state index in [0.29, 0.717) is 17.8 Å². The number of para-hydroxylation sites is 1. The molecule has 0 aromatic heterocycles. The zero-order valence-corrected chi connectivity index (χ0v) is 12.7. The topological polar surface area (TPSA) is 67.4 Å². The van der Waals surface area contributed by atoms with Crippen molar-refractivity contribution in [1.82, 2.24) is 5.32 Å². The van der Waals surface area contributed by atoms with E-state index in [2.05, 4.69) is 10.6 Å². The summed E-state index contributed by atoms with van der Waals surface area (Å²) in [6, 6.07) is 6.85. The molecule has 1 heterocycles. The molecule has 0 spiro atoms. The lowest BCUT2D eigenvalue weighted by Gasteiger charge is -2.14. The van der Waals surface area contributed by atoms with E-state index in [0.717, 1.165) is 19.4 Å². The molecule has 2 atom stereocenters. The number of ether oxygens (including phenoxy) is 1. The number of amides is 2. The average Bonchev–Trinajstić information content (AvgIpc) is 2.98. The quantitative estimate of drug-likeness (QED) is 0.819. The third-order valence-electron chi connectivity index (χ3n) is 3.31. The predicted octanol–water partition coefficient (Wildman–Crippen LogP) is 2.16. The van der Waals surface area contributed by atoms with Crippen molar-refractivity contribution in [3.63, 3.8) is 0 Å². The Balaban J connectivity index is 2.00. The van der Waals surface area contributed by atoms with E-state index in [1.807, 2.05) is 0 Å². The molecule has 0 aliphatic carbocycles. The Morgan fingerprint density at radius 3 is 2.86 bits per heavy atom. The zero-order valence-electron chi connectivity index (χ0n) is 11.9. The maximum Gasteiger partial charge on any atom is 0.253 e. The maximum atomic E-state index is 12.2. The van der Waals surface area contributed by atoms with Crippen molar-refractivity contribution in [2.45, 2.75) is 31.2 Å². The van der Waals surface area contributed by atoms with Gasteiger partial charge >= 0.3 is 0 Å². The number of nitrogens with one attached hydrogen (secondary N) is 2. The number of hydrogen-bond donors (Lipinski definition) is 2. The number of carbonyl (C=O) groups excluding carboxylic acids is 2. The minimum absolute atomic E-state index is 0.0820. The fraction of sp³-hybridized carbons (Fsp3) is 0.467. The van der Waals surface area contributed by atoms with E-state index >= 15 is 0 Å². The predicted molar refractivity (Wildman–Crippen MR) is 81.7 cm³/mol. The minimum Gasteiger partial charge on any atom is -0.376 e. The second kappa shape index (κ2) is 7.43. The summed E-state index contributed by atoms with van der Waals surface area (Å²) in [5, 5.41) is 4.83. The molecular formula is C15H19ClN2O3. The highest BCUT2D eigenvalue weighted by molar-refractivity contribution is 6.32. The van der Waals surface area contributed by atoms with Gasteiger partial charge in [-0.05, 0) is 31.9 Å². The van der Waals surface area contributed by atoms with Crippen LogP contribution in [0.5, 0.6) is 0 Å². The van der Waals surface area contributed by atoms with Crippen molar-refractivity contribution >= 4 is 29.1 Å². The first-order valence-electron chi connectivity index (χ1n) is 7.01. The first-order chi connectivity index (χ1) is 10.1. The molecule has 21 heavy (non-hydrogen) atoms. The largest absolute Gasteiger partial charge is 0.376 e. The van der Waals surface area contributed by atoms with Crippen molar-refractivity contribution in [3.8, 4) is 0 Å². The summed E-state index contributed by atoms with van der Waals surface area (Å²) >= 11 is 5.73. The first-order valence-corrected chi connectivity index (χ1v) is 7.45. The second-order valence-corrected chi connectivity index (χ2v) is 5.65. The Morgan fingerprint density at radius 2 is 2.19 bits per heavy atom. The van der Waals surface area contributed by atoms with Gasteiger partial charge in [-0.15, -0.1) is 11.6 Å². The van der Waals surface area contributed by atoms with Crippen LogP contribution in [0.15, 0.2) is 24.3 Å². The van der Waals surface area contributed by atoms with Crippen molar-refractivity contribution in [1.29, 1.82) is 0 Å². The molecule has 1 aromatic rings. The molecule has 1 saturated heterocycles. The van der Waals surface area contributed by atoms with Gasteiger partial charge in [0.05, 0.1) is 17.4 Å². The van der Waals surface area contributed by atoms with E-state index in [1.54, 1.807) is 31.2 Å². The summed E-state index contributed by atoms with van der Waals surface area (Å²) in [4.78, 5) is 23.9. The molecule has 1 aliphatic rings. The van der Waals surface area contributed by atoms with Gasteiger partial charge in [-0.2, -0.15) is 0 Å².